The van der Waals surface area contributed by atoms with Crippen LogP contribution in [0.4, 0.5) is 0 Å². The van der Waals surface area contributed by atoms with Gasteiger partial charge in [0.25, 0.3) is 0 Å². The summed E-state index contributed by atoms with van der Waals surface area (Å²) in [5.74, 6) is 1.68. The molecule has 1 N–H and O–H groups in total. The Morgan fingerprint density at radius 2 is 1.45 bits per heavy atom. The summed E-state index contributed by atoms with van der Waals surface area (Å²) in [5, 5.41) is 8.13. The van der Waals surface area contributed by atoms with Gasteiger partial charge in [-0.3, -0.25) is 5.10 Å². The molecule has 0 spiro atoms. The number of benzene rings is 3. The van der Waals surface area contributed by atoms with Crippen molar-refractivity contribution in [2.24, 2.45) is 0 Å². The number of nitrogens with one attached hydrogen (secondary N) is 1. The summed E-state index contributed by atoms with van der Waals surface area (Å²) in [7, 11) is 0. The van der Waals surface area contributed by atoms with E-state index in [9.17, 15) is 0 Å². The number of aromatic nitrogens is 2. The normalized spacial score (nSPS) is 10.7. The Morgan fingerprint density at radius 1 is 0.727 bits per heavy atom. The minimum absolute atomic E-state index is 0.833. The summed E-state index contributed by atoms with van der Waals surface area (Å²) < 4.78 is 5.81. The Bertz CT molecular complexity index is 896. The number of hydrogen-bond donors (Lipinski definition) is 1. The second-order valence-corrected chi connectivity index (χ2v) is 5.11. The highest BCUT2D eigenvalue weighted by molar-refractivity contribution is 5.84. The lowest BCUT2D eigenvalue weighted by Gasteiger charge is -2.07. The molecule has 0 bridgehead atoms. The van der Waals surface area contributed by atoms with Crippen LogP contribution in [-0.4, -0.2) is 10.2 Å². The van der Waals surface area contributed by atoms with Crippen molar-refractivity contribution in [1.29, 1.82) is 0 Å². The van der Waals surface area contributed by atoms with Gasteiger partial charge < -0.3 is 4.74 Å². The van der Waals surface area contributed by atoms with Gasteiger partial charge in [0.2, 0.25) is 0 Å². The van der Waals surface area contributed by atoms with Crippen molar-refractivity contribution in [2.75, 3.05) is 0 Å². The molecule has 0 saturated heterocycles. The number of hydrogen-bond acceptors (Lipinski definition) is 2. The van der Waals surface area contributed by atoms with Crippen molar-refractivity contribution in [3.63, 3.8) is 0 Å². The molecule has 3 aromatic carbocycles. The minimum Gasteiger partial charge on any atom is -0.457 e. The van der Waals surface area contributed by atoms with Gasteiger partial charge in [-0.1, -0.05) is 36.4 Å². The van der Waals surface area contributed by atoms with Crippen molar-refractivity contribution in [1.82, 2.24) is 10.2 Å². The minimum atomic E-state index is 0.833. The van der Waals surface area contributed by atoms with E-state index in [4.69, 9.17) is 4.74 Å². The monoisotopic (exact) mass is 286 g/mol. The van der Waals surface area contributed by atoms with Gasteiger partial charge in [0, 0.05) is 5.39 Å². The van der Waals surface area contributed by atoms with Gasteiger partial charge in [-0.25, -0.2) is 0 Å². The van der Waals surface area contributed by atoms with Gasteiger partial charge in [-0.2, -0.15) is 5.10 Å². The molecule has 3 nitrogen and oxygen atoms in total. The molecule has 106 valence electrons. The summed E-state index contributed by atoms with van der Waals surface area (Å²) in [6.45, 7) is 0. The van der Waals surface area contributed by atoms with Crippen molar-refractivity contribution < 1.29 is 4.74 Å². The first-order valence-corrected chi connectivity index (χ1v) is 7.15. The second kappa shape index (κ2) is 5.37. The molecule has 4 rings (SSSR count). The van der Waals surface area contributed by atoms with Crippen LogP contribution in [-0.2, 0) is 0 Å². The van der Waals surface area contributed by atoms with Crippen LogP contribution in [0.5, 0.6) is 11.5 Å². The first kappa shape index (κ1) is 12.7. The van der Waals surface area contributed by atoms with E-state index in [1.54, 1.807) is 0 Å². The van der Waals surface area contributed by atoms with E-state index in [-0.39, 0.29) is 0 Å². The third kappa shape index (κ3) is 2.44. The maximum absolute atomic E-state index is 5.81. The van der Waals surface area contributed by atoms with E-state index in [0.717, 1.165) is 28.0 Å². The maximum Gasteiger partial charge on any atom is 0.127 e. The number of fused-ring (bicyclic) bond motifs is 1. The van der Waals surface area contributed by atoms with Crippen molar-refractivity contribution in [2.45, 2.75) is 0 Å². The quantitative estimate of drug-likeness (QED) is 0.574. The van der Waals surface area contributed by atoms with Gasteiger partial charge in [0.1, 0.15) is 11.5 Å². The Balaban J connectivity index is 1.61. The predicted octanol–water partition coefficient (Wildman–Crippen LogP) is 5.02. The average Bonchev–Trinajstić information content (AvgIpc) is 3.04. The molecule has 1 heterocycles. The Labute approximate surface area is 128 Å². The van der Waals surface area contributed by atoms with E-state index in [1.165, 1.54) is 5.56 Å². The number of ether oxygens (including phenoxy) is 1. The lowest BCUT2D eigenvalue weighted by Crippen LogP contribution is -1.84. The highest BCUT2D eigenvalue weighted by Crippen LogP contribution is 2.27. The molecule has 1 aromatic heterocycles. The SMILES string of the molecule is c1ccc(Oc2ccc(-c3ccc4[nH]ncc4c3)cc2)cc1. The van der Waals surface area contributed by atoms with E-state index in [2.05, 4.69) is 34.5 Å². The van der Waals surface area contributed by atoms with E-state index < -0.39 is 0 Å². The Kier molecular flexibility index (Phi) is 3.09. The van der Waals surface area contributed by atoms with E-state index in [1.807, 2.05) is 54.7 Å². The first-order chi connectivity index (χ1) is 10.9. The average molecular weight is 286 g/mol. The van der Waals surface area contributed by atoms with Gasteiger partial charge in [-0.15, -0.1) is 0 Å². The third-order valence-corrected chi connectivity index (χ3v) is 3.61. The zero-order valence-electron chi connectivity index (χ0n) is 11.9. The molecule has 0 atom stereocenters. The Morgan fingerprint density at radius 3 is 2.27 bits per heavy atom. The smallest absolute Gasteiger partial charge is 0.127 e. The van der Waals surface area contributed by atoms with Gasteiger partial charge in [0.15, 0.2) is 0 Å². The fourth-order valence-corrected chi connectivity index (χ4v) is 2.46. The molecular formula is C19H14N2O. The summed E-state index contributed by atoms with van der Waals surface area (Å²) >= 11 is 0. The molecular weight excluding hydrogens is 272 g/mol. The summed E-state index contributed by atoms with van der Waals surface area (Å²) in [4.78, 5) is 0. The maximum atomic E-state index is 5.81. The zero-order valence-corrected chi connectivity index (χ0v) is 11.9. The lowest BCUT2D eigenvalue weighted by molar-refractivity contribution is 0.483. The molecule has 22 heavy (non-hydrogen) atoms. The highest BCUT2D eigenvalue weighted by Gasteiger charge is 2.02. The first-order valence-electron chi connectivity index (χ1n) is 7.15. The number of para-hydroxylation sites is 1. The number of nitrogens with zero attached hydrogens (tertiary/aromatic N) is 1. The van der Waals surface area contributed by atoms with Crippen molar-refractivity contribution in [3.8, 4) is 22.6 Å². The fourth-order valence-electron chi connectivity index (χ4n) is 2.46. The highest BCUT2D eigenvalue weighted by atomic mass is 16.5. The standard InChI is InChI=1S/C19H14N2O/c1-2-4-17(5-3-1)22-18-9-6-14(7-10-18)15-8-11-19-16(12-15)13-20-21-19/h1-13H,(H,20,21). The van der Waals surface area contributed by atoms with Crippen LogP contribution in [0, 0.1) is 0 Å². The fraction of sp³-hybridized carbons (Fsp3) is 0. The van der Waals surface area contributed by atoms with Crippen LogP contribution in [0.2, 0.25) is 0 Å². The van der Waals surface area contributed by atoms with Gasteiger partial charge in [0.05, 0.1) is 11.7 Å². The molecule has 0 aliphatic carbocycles. The second-order valence-electron chi connectivity index (χ2n) is 5.11. The summed E-state index contributed by atoms with van der Waals surface area (Å²) in [6, 6.07) is 24.2. The molecule has 0 unspecified atom stereocenters. The van der Waals surface area contributed by atoms with Crippen LogP contribution in [0.15, 0.2) is 79.0 Å². The van der Waals surface area contributed by atoms with Crippen LogP contribution in [0.3, 0.4) is 0 Å². The predicted molar refractivity (Wildman–Crippen MR) is 88.0 cm³/mol. The van der Waals surface area contributed by atoms with E-state index >= 15 is 0 Å². The topological polar surface area (TPSA) is 37.9 Å². The number of rotatable bonds is 3. The van der Waals surface area contributed by atoms with Crippen LogP contribution in [0.25, 0.3) is 22.0 Å². The van der Waals surface area contributed by atoms with Crippen LogP contribution in [0.1, 0.15) is 0 Å². The van der Waals surface area contributed by atoms with Crippen LogP contribution < -0.4 is 4.74 Å². The number of H-pyrrole nitrogens is 1. The van der Waals surface area contributed by atoms with Gasteiger partial charge in [-0.05, 0) is 47.5 Å². The summed E-state index contributed by atoms with van der Waals surface area (Å²) in [6.07, 6.45) is 1.84. The van der Waals surface area contributed by atoms with Crippen LogP contribution >= 0.6 is 0 Å². The Hall–Kier alpha value is -3.07. The molecule has 0 aliphatic rings. The van der Waals surface area contributed by atoms with E-state index in [0.29, 0.717) is 0 Å². The lowest BCUT2D eigenvalue weighted by atomic mass is 10.0. The molecule has 0 aliphatic heterocycles. The molecule has 0 fully saturated rings. The van der Waals surface area contributed by atoms with Crippen molar-refractivity contribution >= 4 is 10.9 Å². The molecule has 0 radical (unpaired) electrons. The molecule has 3 heteroatoms. The molecule has 4 aromatic rings. The third-order valence-electron chi connectivity index (χ3n) is 3.61. The molecule has 0 amide bonds. The molecule has 0 saturated carbocycles. The van der Waals surface area contributed by atoms with Crippen molar-refractivity contribution in [3.05, 3.63) is 79.0 Å². The number of aromatic amines is 1. The largest absolute Gasteiger partial charge is 0.457 e. The van der Waals surface area contributed by atoms with Gasteiger partial charge >= 0.3 is 0 Å². The zero-order chi connectivity index (χ0) is 14.8. The summed E-state index contributed by atoms with van der Waals surface area (Å²) in [5.41, 5.74) is 3.37.